The van der Waals surface area contributed by atoms with E-state index in [2.05, 4.69) is 0 Å². The van der Waals surface area contributed by atoms with Gasteiger partial charge in [0.1, 0.15) is 0 Å². The summed E-state index contributed by atoms with van der Waals surface area (Å²) in [5.41, 5.74) is 0.299. The third-order valence-electron chi connectivity index (χ3n) is 4.71. The molecule has 1 aliphatic rings. The average Bonchev–Trinajstić information content (AvgIpc) is 2.62. The molecule has 1 saturated heterocycles. The summed E-state index contributed by atoms with van der Waals surface area (Å²) in [4.78, 5) is 30.4. The Balaban J connectivity index is 2.00. The predicted octanol–water partition coefficient (Wildman–Crippen LogP) is 1.37. The van der Waals surface area contributed by atoms with Gasteiger partial charge in [0.15, 0.2) is 9.84 Å². The van der Waals surface area contributed by atoms with Crippen LogP contribution in [0.5, 0.6) is 0 Å². The largest absolute Gasteiger partial charge is 0.342 e. The fourth-order valence-corrected chi connectivity index (χ4v) is 4.38. The van der Waals surface area contributed by atoms with Crippen molar-refractivity contribution in [1.29, 1.82) is 0 Å². The van der Waals surface area contributed by atoms with Crippen LogP contribution in [0.2, 0.25) is 5.02 Å². The third kappa shape index (κ3) is 5.43. The molecule has 2 rings (SSSR count). The summed E-state index contributed by atoms with van der Waals surface area (Å²) < 4.78 is 23.6. The number of likely N-dealkylation sites (N-methyl/N-ethyl adjacent to an activating group) is 1. The van der Waals surface area contributed by atoms with Crippen molar-refractivity contribution in [2.45, 2.75) is 18.7 Å². The highest BCUT2D eigenvalue weighted by molar-refractivity contribution is 7.90. The van der Waals surface area contributed by atoms with Gasteiger partial charge in [-0.2, -0.15) is 0 Å². The first kappa shape index (κ1) is 21.7. The number of rotatable bonds is 6. The minimum Gasteiger partial charge on any atom is -0.342 e. The number of amides is 2. The van der Waals surface area contributed by atoms with Crippen LogP contribution >= 0.6 is 11.6 Å². The predicted molar refractivity (Wildman–Crippen MR) is 105 cm³/mol. The molecule has 0 aromatic heterocycles. The lowest BCUT2D eigenvalue weighted by molar-refractivity contribution is -0.132. The summed E-state index contributed by atoms with van der Waals surface area (Å²) in [7, 11) is -3.51. The molecule has 1 aromatic carbocycles. The van der Waals surface area contributed by atoms with Gasteiger partial charge in [-0.1, -0.05) is 11.6 Å². The van der Waals surface area contributed by atoms with Crippen molar-refractivity contribution in [2.75, 3.05) is 52.1 Å². The molecular weight excluding hydrogens is 390 g/mol. The van der Waals surface area contributed by atoms with Crippen LogP contribution in [-0.4, -0.2) is 87.0 Å². The minimum atomic E-state index is -3.51. The number of nitrogens with zero attached hydrogens (tertiary/aromatic N) is 3. The third-order valence-corrected chi connectivity index (χ3v) is 6.29. The average molecular weight is 416 g/mol. The molecule has 0 radical (unpaired) electrons. The van der Waals surface area contributed by atoms with Crippen molar-refractivity contribution in [2.24, 2.45) is 0 Å². The quantitative estimate of drug-likeness (QED) is 0.701. The molecule has 0 atom stereocenters. The van der Waals surface area contributed by atoms with Crippen molar-refractivity contribution in [1.82, 2.24) is 14.7 Å². The fourth-order valence-electron chi connectivity index (χ4n) is 3.08. The highest BCUT2D eigenvalue weighted by atomic mass is 35.5. The normalized spacial score (nSPS) is 15.6. The van der Waals surface area contributed by atoms with Crippen LogP contribution < -0.4 is 0 Å². The van der Waals surface area contributed by atoms with E-state index in [0.717, 1.165) is 6.26 Å². The molecule has 9 heteroatoms. The van der Waals surface area contributed by atoms with Crippen LogP contribution in [0.4, 0.5) is 0 Å². The maximum Gasteiger partial charge on any atom is 0.253 e. The van der Waals surface area contributed by atoms with Crippen molar-refractivity contribution in [3.8, 4) is 0 Å². The number of benzene rings is 1. The molecule has 7 nitrogen and oxygen atoms in total. The van der Waals surface area contributed by atoms with Crippen LogP contribution in [0.3, 0.4) is 0 Å². The highest BCUT2D eigenvalue weighted by Crippen LogP contribution is 2.23. The van der Waals surface area contributed by atoms with Gasteiger partial charge in [0.2, 0.25) is 5.91 Å². The van der Waals surface area contributed by atoms with Crippen LogP contribution in [0, 0.1) is 0 Å². The number of carbonyl (C=O) groups is 2. The number of hydrogen-bond donors (Lipinski definition) is 0. The molecule has 0 aliphatic carbocycles. The number of carbonyl (C=O) groups excluding carboxylic acids is 2. The summed E-state index contributed by atoms with van der Waals surface area (Å²) in [5, 5.41) is 0.105. The maximum atomic E-state index is 12.7. The lowest BCUT2D eigenvalue weighted by Crippen LogP contribution is -2.51. The van der Waals surface area contributed by atoms with E-state index in [0.29, 0.717) is 51.4 Å². The molecule has 0 bridgehead atoms. The standard InChI is InChI=1S/C18H26ClN3O4S/c1-4-21(5-2)17(23)13-20-8-10-22(11-9-20)18(24)14-6-7-15(19)16(12-14)27(3,25)26/h6-7,12H,4-5,8-11,13H2,1-3H3. The Bertz CT molecular complexity index is 801. The van der Waals surface area contributed by atoms with Crippen molar-refractivity contribution in [3.05, 3.63) is 28.8 Å². The van der Waals surface area contributed by atoms with E-state index in [1.165, 1.54) is 18.2 Å². The topological polar surface area (TPSA) is 78.0 Å². The SMILES string of the molecule is CCN(CC)C(=O)CN1CCN(C(=O)c2ccc(Cl)c(S(C)(=O)=O)c2)CC1. The Labute approximate surface area is 165 Å². The summed E-state index contributed by atoms with van der Waals surface area (Å²) in [6.07, 6.45) is 1.06. The van der Waals surface area contributed by atoms with Gasteiger partial charge in [-0.3, -0.25) is 14.5 Å². The molecule has 27 heavy (non-hydrogen) atoms. The lowest BCUT2D eigenvalue weighted by atomic mass is 10.2. The number of hydrogen-bond acceptors (Lipinski definition) is 5. The van der Waals surface area contributed by atoms with E-state index in [9.17, 15) is 18.0 Å². The maximum absolute atomic E-state index is 12.7. The first-order valence-electron chi connectivity index (χ1n) is 8.96. The minimum absolute atomic E-state index is 0.0431. The first-order chi connectivity index (χ1) is 12.7. The van der Waals surface area contributed by atoms with E-state index in [1.807, 2.05) is 18.7 Å². The Kier molecular flexibility index (Phi) is 7.25. The van der Waals surface area contributed by atoms with Gasteiger partial charge in [-0.15, -0.1) is 0 Å². The van der Waals surface area contributed by atoms with E-state index >= 15 is 0 Å². The summed E-state index contributed by atoms with van der Waals surface area (Å²) >= 11 is 5.94. The monoisotopic (exact) mass is 415 g/mol. The first-order valence-corrected chi connectivity index (χ1v) is 11.2. The van der Waals surface area contributed by atoms with E-state index < -0.39 is 9.84 Å². The van der Waals surface area contributed by atoms with Gasteiger partial charge >= 0.3 is 0 Å². The number of halogens is 1. The van der Waals surface area contributed by atoms with Crippen molar-refractivity contribution in [3.63, 3.8) is 0 Å². The number of piperazine rings is 1. The van der Waals surface area contributed by atoms with Crippen LogP contribution in [0.1, 0.15) is 24.2 Å². The lowest BCUT2D eigenvalue weighted by Gasteiger charge is -2.35. The molecule has 1 fully saturated rings. The Morgan fingerprint density at radius 2 is 1.70 bits per heavy atom. The molecule has 1 aromatic rings. The van der Waals surface area contributed by atoms with E-state index in [1.54, 1.807) is 9.80 Å². The molecule has 2 amide bonds. The molecule has 0 saturated carbocycles. The fraction of sp³-hybridized carbons (Fsp3) is 0.556. The Morgan fingerprint density at radius 3 is 2.22 bits per heavy atom. The molecule has 0 spiro atoms. The van der Waals surface area contributed by atoms with Crippen LogP contribution in [-0.2, 0) is 14.6 Å². The van der Waals surface area contributed by atoms with E-state index in [-0.39, 0.29) is 21.7 Å². The second-order valence-corrected chi connectivity index (χ2v) is 8.94. The van der Waals surface area contributed by atoms with Gasteiger partial charge in [0.05, 0.1) is 16.5 Å². The van der Waals surface area contributed by atoms with E-state index in [4.69, 9.17) is 11.6 Å². The zero-order valence-electron chi connectivity index (χ0n) is 15.9. The van der Waals surface area contributed by atoms with Gasteiger partial charge in [-0.25, -0.2) is 8.42 Å². The Hall–Kier alpha value is -1.64. The smallest absolute Gasteiger partial charge is 0.253 e. The summed E-state index contributed by atoms with van der Waals surface area (Å²) in [5.74, 6) is -0.137. The van der Waals surface area contributed by atoms with Gasteiger partial charge in [0, 0.05) is 51.1 Å². The molecule has 0 unspecified atom stereocenters. The summed E-state index contributed by atoms with van der Waals surface area (Å²) in [6, 6.07) is 4.30. The highest BCUT2D eigenvalue weighted by Gasteiger charge is 2.25. The second kappa shape index (κ2) is 9.03. The van der Waals surface area contributed by atoms with Crippen LogP contribution in [0.15, 0.2) is 23.1 Å². The molecular formula is C18H26ClN3O4S. The van der Waals surface area contributed by atoms with Crippen LogP contribution in [0.25, 0.3) is 0 Å². The molecule has 0 N–H and O–H groups in total. The van der Waals surface area contributed by atoms with Crippen molar-refractivity contribution >= 4 is 33.3 Å². The Morgan fingerprint density at radius 1 is 1.11 bits per heavy atom. The molecule has 1 heterocycles. The molecule has 150 valence electrons. The zero-order valence-corrected chi connectivity index (χ0v) is 17.5. The molecule has 1 aliphatic heterocycles. The van der Waals surface area contributed by atoms with Crippen molar-refractivity contribution < 1.29 is 18.0 Å². The van der Waals surface area contributed by atoms with Gasteiger partial charge in [0.25, 0.3) is 5.91 Å². The van der Waals surface area contributed by atoms with Gasteiger partial charge in [-0.05, 0) is 32.0 Å². The van der Waals surface area contributed by atoms with Gasteiger partial charge < -0.3 is 9.80 Å². The summed E-state index contributed by atoms with van der Waals surface area (Å²) in [6.45, 7) is 7.81. The zero-order chi connectivity index (χ0) is 20.2. The second-order valence-electron chi connectivity index (χ2n) is 6.55. The number of sulfone groups is 1.